The molecule has 0 fully saturated rings. The molecule has 0 aliphatic carbocycles. The highest BCUT2D eigenvalue weighted by Crippen LogP contribution is 2.24. The average molecular weight is 229 g/mol. The van der Waals surface area contributed by atoms with E-state index >= 15 is 0 Å². The Hall–Kier alpha value is -0.770. The molecule has 0 spiro atoms. The predicted octanol–water partition coefficient (Wildman–Crippen LogP) is 2.13. The van der Waals surface area contributed by atoms with Crippen molar-refractivity contribution in [2.75, 3.05) is 7.11 Å². The number of nitrogens with one attached hydrogen (secondary N) is 1. The number of ether oxygens (including phenoxy) is 1. The van der Waals surface area contributed by atoms with Gasteiger partial charge in [0.15, 0.2) is 0 Å². The second kappa shape index (κ2) is 5.95. The number of rotatable bonds is 5. The van der Waals surface area contributed by atoms with Crippen molar-refractivity contribution in [2.45, 2.75) is 25.8 Å². The maximum absolute atomic E-state index is 5.94. The van der Waals surface area contributed by atoms with E-state index in [9.17, 15) is 0 Å². The summed E-state index contributed by atoms with van der Waals surface area (Å²) in [5, 5.41) is 0.720. The lowest BCUT2D eigenvalue weighted by Gasteiger charge is -2.15. The third-order valence-corrected chi connectivity index (χ3v) is 2.67. The summed E-state index contributed by atoms with van der Waals surface area (Å²) < 4.78 is 5.26. The summed E-state index contributed by atoms with van der Waals surface area (Å²) in [6.45, 7) is 2.08. The van der Waals surface area contributed by atoms with Crippen LogP contribution in [0.5, 0.6) is 5.75 Å². The zero-order valence-electron chi connectivity index (χ0n) is 9.09. The van der Waals surface area contributed by atoms with Gasteiger partial charge >= 0.3 is 0 Å². The molecule has 1 unspecified atom stereocenters. The lowest BCUT2D eigenvalue weighted by atomic mass is 10.0. The van der Waals surface area contributed by atoms with Gasteiger partial charge in [0.25, 0.3) is 0 Å². The monoisotopic (exact) mass is 228 g/mol. The van der Waals surface area contributed by atoms with Crippen molar-refractivity contribution in [1.29, 1.82) is 0 Å². The maximum atomic E-state index is 5.94. The van der Waals surface area contributed by atoms with E-state index in [1.807, 2.05) is 18.2 Å². The van der Waals surface area contributed by atoms with Crippen LogP contribution in [0, 0.1) is 0 Å². The van der Waals surface area contributed by atoms with Crippen LogP contribution in [0.1, 0.15) is 18.9 Å². The Bertz CT molecular complexity index is 313. The van der Waals surface area contributed by atoms with Gasteiger partial charge in [0.1, 0.15) is 5.75 Å². The van der Waals surface area contributed by atoms with Crippen LogP contribution in [-0.4, -0.2) is 13.2 Å². The zero-order valence-corrected chi connectivity index (χ0v) is 9.84. The molecule has 1 rings (SSSR count). The van der Waals surface area contributed by atoms with Crippen molar-refractivity contribution in [3.8, 4) is 5.75 Å². The molecule has 0 bridgehead atoms. The smallest absolute Gasteiger partial charge is 0.122 e. The largest absolute Gasteiger partial charge is 0.496 e. The Kier molecular flexibility index (Phi) is 4.88. The normalized spacial score (nSPS) is 12.5. The second-order valence-electron chi connectivity index (χ2n) is 3.43. The number of halogens is 1. The van der Waals surface area contributed by atoms with Crippen LogP contribution >= 0.6 is 11.6 Å². The number of hydrogen-bond donors (Lipinski definition) is 2. The first-order chi connectivity index (χ1) is 7.21. The first-order valence-corrected chi connectivity index (χ1v) is 5.37. The van der Waals surface area contributed by atoms with Gasteiger partial charge in [-0.15, -0.1) is 0 Å². The molecule has 0 heterocycles. The average Bonchev–Trinajstić information content (AvgIpc) is 2.26. The molecule has 0 saturated carbocycles. The molecule has 0 aliphatic rings. The second-order valence-corrected chi connectivity index (χ2v) is 3.87. The Labute approximate surface area is 95.5 Å². The number of methoxy groups -OCH3 is 1. The standard InChI is InChI=1S/C11H17ClN2O/c1-3-10(14-13)7-8-6-9(12)4-5-11(8)15-2/h4-6,10,14H,3,7,13H2,1-2H3. The fourth-order valence-corrected chi connectivity index (χ4v) is 1.69. The van der Waals surface area contributed by atoms with Gasteiger partial charge in [0.2, 0.25) is 0 Å². The Morgan fingerprint density at radius 3 is 2.80 bits per heavy atom. The van der Waals surface area contributed by atoms with Gasteiger partial charge < -0.3 is 4.74 Å². The van der Waals surface area contributed by atoms with E-state index < -0.39 is 0 Å². The van der Waals surface area contributed by atoms with Crippen molar-refractivity contribution in [2.24, 2.45) is 5.84 Å². The first-order valence-electron chi connectivity index (χ1n) is 4.99. The fourth-order valence-electron chi connectivity index (χ4n) is 1.49. The molecule has 0 amide bonds. The van der Waals surface area contributed by atoms with Crippen LogP contribution in [-0.2, 0) is 6.42 Å². The molecule has 1 aromatic rings. The van der Waals surface area contributed by atoms with Crippen molar-refractivity contribution in [1.82, 2.24) is 5.43 Å². The summed E-state index contributed by atoms with van der Waals surface area (Å²) in [5.74, 6) is 6.29. The molecule has 1 atom stereocenters. The minimum atomic E-state index is 0.248. The third-order valence-electron chi connectivity index (χ3n) is 2.44. The van der Waals surface area contributed by atoms with E-state index in [1.54, 1.807) is 7.11 Å². The molecule has 15 heavy (non-hydrogen) atoms. The molecule has 0 aliphatic heterocycles. The van der Waals surface area contributed by atoms with Gasteiger partial charge in [-0.1, -0.05) is 18.5 Å². The molecule has 0 saturated heterocycles. The lowest BCUT2D eigenvalue weighted by Crippen LogP contribution is -2.36. The SMILES string of the molecule is CCC(Cc1cc(Cl)ccc1OC)NN. The third kappa shape index (κ3) is 3.38. The van der Waals surface area contributed by atoms with Crippen LogP contribution in [0.2, 0.25) is 5.02 Å². The molecule has 84 valence electrons. The van der Waals surface area contributed by atoms with Crippen LogP contribution in [0.25, 0.3) is 0 Å². The van der Waals surface area contributed by atoms with Gasteiger partial charge in [0, 0.05) is 11.1 Å². The Morgan fingerprint density at radius 2 is 2.27 bits per heavy atom. The van der Waals surface area contributed by atoms with Crippen molar-refractivity contribution < 1.29 is 4.74 Å². The van der Waals surface area contributed by atoms with Gasteiger partial charge in [-0.2, -0.15) is 0 Å². The van der Waals surface area contributed by atoms with E-state index in [0.717, 1.165) is 29.2 Å². The highest BCUT2D eigenvalue weighted by Gasteiger charge is 2.09. The number of hydrogen-bond acceptors (Lipinski definition) is 3. The molecule has 0 aromatic heterocycles. The number of nitrogens with two attached hydrogens (primary N) is 1. The van der Waals surface area contributed by atoms with Gasteiger partial charge in [-0.25, -0.2) is 0 Å². The van der Waals surface area contributed by atoms with Gasteiger partial charge in [-0.05, 0) is 36.6 Å². The van der Waals surface area contributed by atoms with E-state index in [-0.39, 0.29) is 6.04 Å². The predicted molar refractivity (Wildman–Crippen MR) is 63.1 cm³/mol. The quantitative estimate of drug-likeness (QED) is 0.600. The van der Waals surface area contributed by atoms with Crippen LogP contribution in [0.3, 0.4) is 0 Å². The summed E-state index contributed by atoms with van der Waals surface area (Å²) in [5.41, 5.74) is 3.85. The van der Waals surface area contributed by atoms with Crippen LogP contribution in [0.15, 0.2) is 18.2 Å². The minimum Gasteiger partial charge on any atom is -0.496 e. The van der Waals surface area contributed by atoms with E-state index in [0.29, 0.717) is 0 Å². The molecular formula is C11H17ClN2O. The van der Waals surface area contributed by atoms with Crippen molar-refractivity contribution in [3.63, 3.8) is 0 Å². The summed E-state index contributed by atoms with van der Waals surface area (Å²) in [6.07, 6.45) is 1.78. The Morgan fingerprint density at radius 1 is 1.53 bits per heavy atom. The highest BCUT2D eigenvalue weighted by atomic mass is 35.5. The molecule has 4 heteroatoms. The van der Waals surface area contributed by atoms with Crippen molar-refractivity contribution in [3.05, 3.63) is 28.8 Å². The number of benzene rings is 1. The molecule has 3 N–H and O–H groups in total. The molecule has 1 aromatic carbocycles. The fraction of sp³-hybridized carbons (Fsp3) is 0.455. The molecular weight excluding hydrogens is 212 g/mol. The maximum Gasteiger partial charge on any atom is 0.122 e. The summed E-state index contributed by atoms with van der Waals surface area (Å²) in [4.78, 5) is 0. The zero-order chi connectivity index (χ0) is 11.3. The number of hydrazine groups is 1. The lowest BCUT2D eigenvalue weighted by molar-refractivity contribution is 0.404. The van der Waals surface area contributed by atoms with E-state index in [1.165, 1.54) is 0 Å². The van der Waals surface area contributed by atoms with Crippen LogP contribution < -0.4 is 16.0 Å². The molecule has 3 nitrogen and oxygen atoms in total. The highest BCUT2D eigenvalue weighted by molar-refractivity contribution is 6.30. The molecule has 0 radical (unpaired) electrons. The van der Waals surface area contributed by atoms with E-state index in [2.05, 4.69) is 12.3 Å². The van der Waals surface area contributed by atoms with Gasteiger partial charge in [0.05, 0.1) is 7.11 Å². The minimum absolute atomic E-state index is 0.248. The van der Waals surface area contributed by atoms with Gasteiger partial charge in [-0.3, -0.25) is 11.3 Å². The Balaban J connectivity index is 2.86. The summed E-state index contributed by atoms with van der Waals surface area (Å²) in [7, 11) is 1.66. The first kappa shape index (κ1) is 12.3. The topological polar surface area (TPSA) is 47.3 Å². The van der Waals surface area contributed by atoms with E-state index in [4.69, 9.17) is 22.2 Å². The van der Waals surface area contributed by atoms with Crippen LogP contribution in [0.4, 0.5) is 0 Å². The summed E-state index contributed by atoms with van der Waals surface area (Å²) >= 11 is 5.94. The van der Waals surface area contributed by atoms with Crippen molar-refractivity contribution >= 4 is 11.6 Å². The summed E-state index contributed by atoms with van der Waals surface area (Å²) in [6, 6.07) is 5.86.